The molecule has 1 saturated heterocycles. The molecule has 1 amide bonds. The van der Waals surface area contributed by atoms with Crippen LogP contribution in [0.1, 0.15) is 69.3 Å². The number of amides is 1. The molecule has 0 spiro atoms. The number of anilines is 1. The maximum absolute atomic E-state index is 12.5. The van der Waals surface area contributed by atoms with Crippen LogP contribution >= 0.6 is 0 Å². The van der Waals surface area contributed by atoms with E-state index in [1.54, 1.807) is 0 Å². The van der Waals surface area contributed by atoms with Crippen molar-refractivity contribution in [3.05, 3.63) is 41.3 Å². The number of hydrogen-bond acceptors (Lipinski definition) is 7. The molecule has 5 rings (SSSR count). The van der Waals surface area contributed by atoms with E-state index in [4.69, 9.17) is 4.74 Å². The highest BCUT2D eigenvalue weighted by molar-refractivity contribution is 5.82. The Hall–Kier alpha value is -3.20. The number of ether oxygens (including phenoxy) is 1. The molecule has 2 N–H and O–H groups in total. The third-order valence-electron chi connectivity index (χ3n) is 7.05. The summed E-state index contributed by atoms with van der Waals surface area (Å²) in [5.41, 5.74) is 3.05. The molecule has 0 atom stereocenters. The van der Waals surface area contributed by atoms with Gasteiger partial charge in [0.25, 0.3) is 0 Å². The number of fused-ring (bicyclic) bond motifs is 1. The summed E-state index contributed by atoms with van der Waals surface area (Å²) in [6, 6.07) is 6.58. The molecule has 1 aliphatic heterocycles. The molecule has 2 fully saturated rings. The highest BCUT2D eigenvalue weighted by Crippen LogP contribution is 2.34. The minimum atomic E-state index is -0.484. The van der Waals surface area contributed by atoms with Gasteiger partial charge in [-0.05, 0) is 89.5 Å². The summed E-state index contributed by atoms with van der Waals surface area (Å²) in [5.74, 6) is 2.50. The third-order valence-corrected chi connectivity index (χ3v) is 7.05. The molecular formula is C27H36N6O3. The van der Waals surface area contributed by atoms with E-state index >= 15 is 0 Å². The first-order chi connectivity index (χ1) is 17.1. The molecule has 1 aliphatic carbocycles. The van der Waals surface area contributed by atoms with Crippen LogP contribution in [0.15, 0.2) is 24.4 Å². The van der Waals surface area contributed by atoms with Crippen molar-refractivity contribution in [3.8, 4) is 5.82 Å². The van der Waals surface area contributed by atoms with Crippen LogP contribution in [-0.2, 0) is 4.74 Å². The van der Waals surface area contributed by atoms with Crippen molar-refractivity contribution in [1.29, 1.82) is 0 Å². The molecule has 0 radical (unpaired) electrons. The molecule has 9 nitrogen and oxygen atoms in total. The van der Waals surface area contributed by atoms with Gasteiger partial charge >= 0.3 is 6.09 Å². The van der Waals surface area contributed by atoms with E-state index in [1.165, 1.54) is 11.1 Å². The molecule has 1 saturated carbocycles. The third kappa shape index (κ3) is 5.16. The van der Waals surface area contributed by atoms with Gasteiger partial charge in [-0.25, -0.2) is 19.4 Å². The van der Waals surface area contributed by atoms with Crippen LogP contribution in [-0.4, -0.2) is 66.7 Å². The fraction of sp³-hybridized carbons (Fsp3) is 0.556. The van der Waals surface area contributed by atoms with E-state index < -0.39 is 5.60 Å². The predicted octanol–water partition coefficient (Wildman–Crippen LogP) is 4.48. The molecule has 0 bridgehead atoms. The van der Waals surface area contributed by atoms with Gasteiger partial charge in [-0.15, -0.1) is 0 Å². The van der Waals surface area contributed by atoms with Crippen molar-refractivity contribution < 1.29 is 14.6 Å². The van der Waals surface area contributed by atoms with E-state index in [9.17, 15) is 9.90 Å². The predicted molar refractivity (Wildman–Crippen MR) is 139 cm³/mol. The maximum Gasteiger partial charge on any atom is 0.410 e. The number of nitrogens with one attached hydrogen (secondary N) is 1. The van der Waals surface area contributed by atoms with Crippen molar-refractivity contribution in [2.24, 2.45) is 0 Å². The summed E-state index contributed by atoms with van der Waals surface area (Å²) in [7, 11) is 0. The van der Waals surface area contributed by atoms with Gasteiger partial charge in [0, 0.05) is 30.6 Å². The van der Waals surface area contributed by atoms with Gasteiger partial charge in [-0.2, -0.15) is 5.10 Å². The Balaban J connectivity index is 1.37. The van der Waals surface area contributed by atoms with Crippen LogP contribution < -0.4 is 5.32 Å². The molecule has 3 heterocycles. The van der Waals surface area contributed by atoms with Crippen LogP contribution in [0.4, 0.5) is 10.6 Å². The number of rotatable bonds is 4. The average Bonchev–Trinajstić information content (AvgIpc) is 3.19. The van der Waals surface area contributed by atoms with Crippen molar-refractivity contribution in [2.75, 3.05) is 18.4 Å². The molecule has 2 aliphatic rings. The number of piperidine rings is 1. The fourth-order valence-electron chi connectivity index (χ4n) is 5.18. The van der Waals surface area contributed by atoms with Gasteiger partial charge in [-0.1, -0.05) is 0 Å². The lowest BCUT2D eigenvalue weighted by Crippen LogP contribution is -2.41. The molecule has 0 unspecified atom stereocenters. The Morgan fingerprint density at radius 2 is 1.83 bits per heavy atom. The van der Waals surface area contributed by atoms with Crippen LogP contribution in [0.5, 0.6) is 0 Å². The summed E-state index contributed by atoms with van der Waals surface area (Å²) >= 11 is 0. The molecular weight excluding hydrogens is 456 g/mol. The molecule has 36 heavy (non-hydrogen) atoms. The van der Waals surface area contributed by atoms with Gasteiger partial charge < -0.3 is 20.1 Å². The molecule has 9 heteroatoms. The lowest BCUT2D eigenvalue weighted by Gasteiger charge is -2.34. The molecule has 192 valence electrons. The van der Waals surface area contributed by atoms with Crippen molar-refractivity contribution in [3.63, 3.8) is 0 Å². The van der Waals surface area contributed by atoms with E-state index in [2.05, 4.69) is 39.4 Å². The first-order valence-corrected chi connectivity index (χ1v) is 12.8. The monoisotopic (exact) mass is 492 g/mol. The minimum absolute atomic E-state index is 0.224. The fourth-order valence-corrected chi connectivity index (χ4v) is 5.18. The zero-order chi connectivity index (χ0) is 25.6. The molecule has 3 aromatic rings. The Labute approximate surface area is 211 Å². The maximum atomic E-state index is 12.5. The Kier molecular flexibility index (Phi) is 6.36. The van der Waals surface area contributed by atoms with Gasteiger partial charge in [0.2, 0.25) is 0 Å². The number of likely N-dealkylation sites (tertiary alicyclic amines) is 1. The van der Waals surface area contributed by atoms with E-state index in [0.29, 0.717) is 24.8 Å². The van der Waals surface area contributed by atoms with Gasteiger partial charge in [0.15, 0.2) is 5.82 Å². The number of hydrogen-bond donors (Lipinski definition) is 2. The Bertz CT molecular complexity index is 1270. The van der Waals surface area contributed by atoms with E-state index in [-0.39, 0.29) is 18.2 Å². The summed E-state index contributed by atoms with van der Waals surface area (Å²) in [6.07, 6.45) is 4.69. The van der Waals surface area contributed by atoms with Gasteiger partial charge in [-0.3, -0.25) is 0 Å². The van der Waals surface area contributed by atoms with Crippen molar-refractivity contribution in [1.82, 2.24) is 24.6 Å². The number of nitrogens with zero attached hydrogens (tertiary/aromatic N) is 5. The van der Waals surface area contributed by atoms with E-state index in [0.717, 1.165) is 48.2 Å². The topological polar surface area (TPSA) is 105 Å². The lowest BCUT2D eigenvalue weighted by atomic mass is 9.86. The lowest BCUT2D eigenvalue weighted by molar-refractivity contribution is 0.0204. The zero-order valence-corrected chi connectivity index (χ0v) is 21.8. The largest absolute Gasteiger partial charge is 0.444 e. The standard InChI is InChI=1S/C27H36N6O3/c1-16-10-19-15-28-33(25-14-24(29-17(2)30-25)31-20-11-21(34)12-20)23(19)13-22(16)18-6-8-32(9-7-18)26(35)36-27(3,4)5/h10,13-15,18,20-21,34H,6-9,11-12H2,1-5H3,(H,29,30,31)/t20-,21-. The summed E-state index contributed by atoms with van der Waals surface area (Å²) < 4.78 is 7.44. The quantitative estimate of drug-likeness (QED) is 0.553. The smallest absolute Gasteiger partial charge is 0.410 e. The summed E-state index contributed by atoms with van der Waals surface area (Å²) in [4.78, 5) is 23.5. The van der Waals surface area contributed by atoms with Gasteiger partial charge in [0.05, 0.1) is 17.8 Å². The average molecular weight is 493 g/mol. The van der Waals surface area contributed by atoms with Gasteiger partial charge in [0.1, 0.15) is 17.2 Å². The van der Waals surface area contributed by atoms with Crippen LogP contribution in [0.2, 0.25) is 0 Å². The number of carbonyl (C=O) groups is 1. The second kappa shape index (κ2) is 9.35. The van der Waals surface area contributed by atoms with Crippen LogP contribution in [0.25, 0.3) is 16.7 Å². The number of aromatic nitrogens is 4. The van der Waals surface area contributed by atoms with Crippen molar-refractivity contribution >= 4 is 22.8 Å². The molecule has 2 aromatic heterocycles. The summed E-state index contributed by atoms with van der Waals surface area (Å²) in [6.45, 7) is 11.1. The number of carbonyl (C=O) groups excluding carboxylic acids is 1. The van der Waals surface area contributed by atoms with Crippen molar-refractivity contribution in [2.45, 2.75) is 84.0 Å². The second-order valence-electron chi connectivity index (χ2n) is 11.2. The highest BCUT2D eigenvalue weighted by atomic mass is 16.6. The van der Waals surface area contributed by atoms with Crippen LogP contribution in [0.3, 0.4) is 0 Å². The normalized spacial score (nSPS) is 20.9. The zero-order valence-electron chi connectivity index (χ0n) is 21.8. The summed E-state index contributed by atoms with van der Waals surface area (Å²) in [5, 5.41) is 18.7. The first-order valence-electron chi connectivity index (χ1n) is 12.8. The Morgan fingerprint density at radius 3 is 2.50 bits per heavy atom. The van der Waals surface area contributed by atoms with Crippen LogP contribution in [0, 0.1) is 13.8 Å². The number of aliphatic hydroxyl groups is 1. The Morgan fingerprint density at radius 1 is 1.11 bits per heavy atom. The SMILES string of the molecule is Cc1nc(N[C@H]2C[C@H](O)C2)cc(-n2ncc3cc(C)c(C4CCN(C(=O)OC(C)(C)C)CC4)cc32)n1. The minimum Gasteiger partial charge on any atom is -0.444 e. The molecule has 1 aromatic carbocycles. The second-order valence-corrected chi connectivity index (χ2v) is 11.2. The van der Waals surface area contributed by atoms with E-state index in [1.807, 2.05) is 49.5 Å². The first kappa shape index (κ1) is 24.5. The number of benzene rings is 1. The number of aryl methyl sites for hydroxylation is 2. The highest BCUT2D eigenvalue weighted by Gasteiger charge is 2.29. The number of aliphatic hydroxyl groups excluding tert-OH is 1.